The van der Waals surface area contributed by atoms with Crippen molar-refractivity contribution in [3.8, 4) is 5.69 Å². The molecular weight excluding hydrogens is 387 g/mol. The first kappa shape index (κ1) is 20.0. The molecule has 4 rings (SSSR count). The van der Waals surface area contributed by atoms with E-state index in [4.69, 9.17) is 4.74 Å². The molecule has 30 heavy (non-hydrogen) atoms. The van der Waals surface area contributed by atoms with Gasteiger partial charge in [-0.15, -0.1) is 0 Å². The molecule has 2 N–H and O–H groups in total. The van der Waals surface area contributed by atoms with E-state index in [1.54, 1.807) is 23.0 Å². The summed E-state index contributed by atoms with van der Waals surface area (Å²) in [7, 11) is 0. The number of benzene rings is 1. The normalized spacial score (nSPS) is 20.8. The van der Waals surface area contributed by atoms with Crippen LogP contribution in [0.4, 0.5) is 9.18 Å². The third-order valence-electron chi connectivity index (χ3n) is 4.97. The van der Waals surface area contributed by atoms with Gasteiger partial charge < -0.3 is 10.1 Å². The highest BCUT2D eigenvalue weighted by Crippen LogP contribution is 2.30. The number of imide groups is 1. The summed E-state index contributed by atoms with van der Waals surface area (Å²) in [6.45, 7) is 3.32. The molecule has 2 unspecified atom stereocenters. The number of alkyl halides is 1. The lowest BCUT2D eigenvalue weighted by Gasteiger charge is -2.11. The Labute approximate surface area is 173 Å². The van der Waals surface area contributed by atoms with Crippen LogP contribution in [0.5, 0.6) is 0 Å². The standard InChI is InChI=1S/C22H23FN4O3/c1-2-11-30-13-14-3-9-17(10-4-14)27-12-18(20-21(28)25-22(29)24-20)19(26-27)15-5-7-16(23)8-6-15/h3-7,9-10,12,16,20H,2,8,11,13H2,1H3,(H2,24,25,28,29). The van der Waals surface area contributed by atoms with Gasteiger partial charge in [0.25, 0.3) is 5.91 Å². The van der Waals surface area contributed by atoms with E-state index in [0.29, 0.717) is 24.5 Å². The predicted octanol–water partition coefficient (Wildman–Crippen LogP) is 3.36. The van der Waals surface area contributed by atoms with Crippen LogP contribution in [0.1, 0.15) is 42.6 Å². The molecule has 1 fully saturated rings. The molecule has 1 aromatic carbocycles. The molecule has 2 aromatic rings. The maximum absolute atomic E-state index is 13.5. The van der Waals surface area contributed by atoms with Gasteiger partial charge in [0.1, 0.15) is 12.2 Å². The minimum Gasteiger partial charge on any atom is -0.377 e. The first-order valence-electron chi connectivity index (χ1n) is 9.96. The molecule has 1 aliphatic carbocycles. The van der Waals surface area contributed by atoms with Crippen molar-refractivity contribution in [1.29, 1.82) is 0 Å². The lowest BCUT2D eigenvalue weighted by atomic mass is 9.98. The number of nitrogens with zero attached hydrogens (tertiary/aromatic N) is 2. The van der Waals surface area contributed by atoms with E-state index in [-0.39, 0.29) is 6.42 Å². The monoisotopic (exact) mass is 410 g/mol. The summed E-state index contributed by atoms with van der Waals surface area (Å²) in [5.41, 5.74) is 3.67. The second-order valence-corrected chi connectivity index (χ2v) is 7.26. The Morgan fingerprint density at radius 1 is 1.27 bits per heavy atom. The van der Waals surface area contributed by atoms with Crippen molar-refractivity contribution >= 4 is 17.5 Å². The van der Waals surface area contributed by atoms with Crippen molar-refractivity contribution in [1.82, 2.24) is 20.4 Å². The van der Waals surface area contributed by atoms with Crippen LogP contribution in [-0.2, 0) is 16.1 Å². The molecule has 0 spiro atoms. The highest BCUT2D eigenvalue weighted by atomic mass is 19.1. The van der Waals surface area contributed by atoms with Gasteiger partial charge in [-0.05, 0) is 35.8 Å². The third kappa shape index (κ3) is 4.18. The fraction of sp³-hybridized carbons (Fsp3) is 0.318. The maximum atomic E-state index is 13.5. The molecule has 1 aromatic heterocycles. The van der Waals surface area contributed by atoms with E-state index in [1.165, 1.54) is 6.08 Å². The fourth-order valence-corrected chi connectivity index (χ4v) is 3.44. The van der Waals surface area contributed by atoms with Crippen LogP contribution in [0.15, 0.2) is 48.7 Å². The molecule has 2 heterocycles. The first-order valence-corrected chi connectivity index (χ1v) is 9.96. The number of ether oxygens (including phenoxy) is 1. The number of rotatable bonds is 7. The van der Waals surface area contributed by atoms with E-state index >= 15 is 0 Å². The van der Waals surface area contributed by atoms with Gasteiger partial charge in [0.05, 0.1) is 18.0 Å². The summed E-state index contributed by atoms with van der Waals surface area (Å²) in [6, 6.07) is 6.37. The number of urea groups is 1. The number of carbonyl (C=O) groups is 2. The van der Waals surface area contributed by atoms with Crippen LogP contribution in [0, 0.1) is 0 Å². The zero-order valence-corrected chi connectivity index (χ0v) is 16.6. The highest BCUT2D eigenvalue weighted by Gasteiger charge is 2.35. The van der Waals surface area contributed by atoms with Gasteiger partial charge in [-0.25, -0.2) is 13.9 Å². The number of hydrogen-bond donors (Lipinski definition) is 2. The van der Waals surface area contributed by atoms with Crippen molar-refractivity contribution in [2.75, 3.05) is 6.61 Å². The largest absolute Gasteiger partial charge is 0.377 e. The number of nitrogens with one attached hydrogen (secondary N) is 2. The predicted molar refractivity (Wildman–Crippen MR) is 110 cm³/mol. The van der Waals surface area contributed by atoms with Crippen LogP contribution in [-0.4, -0.2) is 34.5 Å². The number of amides is 3. The quantitative estimate of drug-likeness (QED) is 0.541. The summed E-state index contributed by atoms with van der Waals surface area (Å²) < 4.78 is 20.7. The topological polar surface area (TPSA) is 85.2 Å². The number of aromatic nitrogens is 2. The number of halogens is 1. The Hall–Kier alpha value is -3.26. The SMILES string of the molecule is CCCOCc1ccc(-n2cc(C3NC(=O)NC3=O)c(C3=CCC(F)C=C3)n2)cc1. The zero-order valence-electron chi connectivity index (χ0n) is 16.6. The van der Waals surface area contributed by atoms with E-state index in [9.17, 15) is 14.0 Å². The molecule has 1 saturated heterocycles. The molecule has 7 nitrogen and oxygen atoms in total. The van der Waals surface area contributed by atoms with Crippen molar-refractivity contribution < 1.29 is 18.7 Å². The van der Waals surface area contributed by atoms with Gasteiger partial charge >= 0.3 is 6.03 Å². The molecule has 1 aliphatic heterocycles. The number of carbonyl (C=O) groups excluding carboxylic acids is 2. The van der Waals surface area contributed by atoms with Gasteiger partial charge in [0, 0.05) is 24.8 Å². The van der Waals surface area contributed by atoms with Crippen LogP contribution in [0.25, 0.3) is 11.3 Å². The Bertz CT molecular complexity index is 1010. The second kappa shape index (κ2) is 8.62. The third-order valence-corrected chi connectivity index (χ3v) is 4.97. The minimum absolute atomic E-state index is 0.244. The first-order chi connectivity index (χ1) is 14.5. The molecule has 0 bridgehead atoms. The molecular formula is C22H23FN4O3. The highest BCUT2D eigenvalue weighted by molar-refractivity contribution is 6.05. The van der Waals surface area contributed by atoms with E-state index in [2.05, 4.69) is 22.7 Å². The van der Waals surface area contributed by atoms with Crippen molar-refractivity contribution in [2.24, 2.45) is 0 Å². The second-order valence-electron chi connectivity index (χ2n) is 7.26. The van der Waals surface area contributed by atoms with Gasteiger partial charge in [-0.2, -0.15) is 5.10 Å². The zero-order chi connectivity index (χ0) is 21.1. The smallest absolute Gasteiger partial charge is 0.322 e. The van der Waals surface area contributed by atoms with Crippen molar-refractivity contribution in [3.63, 3.8) is 0 Å². The average molecular weight is 410 g/mol. The van der Waals surface area contributed by atoms with Crippen molar-refractivity contribution in [2.45, 2.75) is 38.6 Å². The van der Waals surface area contributed by atoms with Crippen LogP contribution in [0.2, 0.25) is 0 Å². The van der Waals surface area contributed by atoms with Gasteiger partial charge in [0.15, 0.2) is 0 Å². The van der Waals surface area contributed by atoms with Gasteiger partial charge in [-0.1, -0.05) is 31.2 Å². The Kier molecular flexibility index (Phi) is 5.76. The summed E-state index contributed by atoms with van der Waals surface area (Å²) in [4.78, 5) is 23.9. The van der Waals surface area contributed by atoms with Gasteiger partial charge in [-0.3, -0.25) is 10.1 Å². The fourth-order valence-electron chi connectivity index (χ4n) is 3.44. The average Bonchev–Trinajstić information content (AvgIpc) is 3.32. The van der Waals surface area contributed by atoms with Gasteiger partial charge in [0.2, 0.25) is 0 Å². The molecule has 2 aliphatic rings. The summed E-state index contributed by atoms with van der Waals surface area (Å²) in [6.07, 6.45) is 6.79. The molecule has 0 saturated carbocycles. The minimum atomic E-state index is -1.03. The lowest BCUT2D eigenvalue weighted by molar-refractivity contribution is -0.120. The Morgan fingerprint density at radius 3 is 2.70 bits per heavy atom. The van der Waals surface area contributed by atoms with E-state index in [1.807, 2.05) is 24.3 Å². The Balaban J connectivity index is 1.66. The molecule has 3 amide bonds. The van der Waals surface area contributed by atoms with E-state index < -0.39 is 24.2 Å². The van der Waals surface area contributed by atoms with Crippen LogP contribution in [0.3, 0.4) is 0 Å². The Morgan fingerprint density at radius 2 is 2.07 bits per heavy atom. The molecule has 0 radical (unpaired) electrons. The molecule has 8 heteroatoms. The molecule has 156 valence electrons. The summed E-state index contributed by atoms with van der Waals surface area (Å²) >= 11 is 0. The molecule has 2 atom stereocenters. The summed E-state index contributed by atoms with van der Waals surface area (Å²) in [5, 5.41) is 9.51. The number of hydrogen-bond acceptors (Lipinski definition) is 4. The maximum Gasteiger partial charge on any atom is 0.322 e. The van der Waals surface area contributed by atoms with Crippen LogP contribution < -0.4 is 10.6 Å². The van der Waals surface area contributed by atoms with Crippen LogP contribution >= 0.6 is 0 Å². The summed E-state index contributed by atoms with van der Waals surface area (Å²) in [5.74, 6) is -0.437. The lowest BCUT2D eigenvalue weighted by Crippen LogP contribution is -2.22. The number of allylic oxidation sites excluding steroid dienone is 4. The van der Waals surface area contributed by atoms with Crippen molar-refractivity contribution in [3.05, 3.63) is 65.5 Å². The van der Waals surface area contributed by atoms with E-state index in [0.717, 1.165) is 23.2 Å².